The summed E-state index contributed by atoms with van der Waals surface area (Å²) < 4.78 is 7.00. The normalized spacial score (nSPS) is 14.1. The van der Waals surface area contributed by atoms with Gasteiger partial charge in [0.25, 0.3) is 5.56 Å². The second-order valence-electron chi connectivity index (χ2n) is 7.72. The fraction of sp³-hybridized carbons (Fsp3) is 0.240. The number of rotatable bonds is 5. The summed E-state index contributed by atoms with van der Waals surface area (Å²) in [6.45, 7) is 3.81. The predicted molar refractivity (Wildman–Crippen MR) is 122 cm³/mol. The maximum Gasteiger partial charge on any atom is 0.266 e. The van der Waals surface area contributed by atoms with E-state index < -0.39 is 0 Å². The molecule has 2 aromatic carbocycles. The Morgan fingerprint density at radius 3 is 2.61 bits per heavy atom. The number of ether oxygens (including phenoxy) is 1. The largest absolute Gasteiger partial charge is 0.378 e. The zero-order chi connectivity index (χ0) is 21.0. The molecule has 0 bridgehead atoms. The molecule has 2 aromatic heterocycles. The summed E-state index contributed by atoms with van der Waals surface area (Å²) >= 11 is 0. The van der Waals surface area contributed by atoms with Crippen molar-refractivity contribution >= 4 is 16.6 Å². The van der Waals surface area contributed by atoms with E-state index in [1.807, 2.05) is 42.6 Å². The molecule has 0 atom stereocenters. The molecule has 0 spiro atoms. The highest BCUT2D eigenvalue weighted by molar-refractivity contribution is 5.82. The number of anilines is 1. The lowest BCUT2D eigenvalue weighted by molar-refractivity contribution is 0.122. The number of pyridine rings is 1. The molecular formula is C25H24N4O2. The number of benzene rings is 2. The molecule has 1 fully saturated rings. The molecule has 0 aliphatic carbocycles. The van der Waals surface area contributed by atoms with Crippen LogP contribution in [0.5, 0.6) is 0 Å². The molecule has 1 aliphatic rings. The van der Waals surface area contributed by atoms with Crippen LogP contribution in [-0.4, -0.2) is 41.1 Å². The molecule has 1 saturated heterocycles. The molecule has 0 N–H and O–H groups in total. The van der Waals surface area contributed by atoms with Gasteiger partial charge in [-0.25, -0.2) is 4.68 Å². The molecule has 0 amide bonds. The van der Waals surface area contributed by atoms with Crippen molar-refractivity contribution in [2.45, 2.75) is 13.0 Å². The number of aromatic nitrogens is 3. The molecule has 1 aliphatic heterocycles. The minimum Gasteiger partial charge on any atom is -0.378 e. The number of morpholine rings is 1. The summed E-state index contributed by atoms with van der Waals surface area (Å²) in [7, 11) is 0. The van der Waals surface area contributed by atoms with Crippen LogP contribution in [0.1, 0.15) is 5.56 Å². The minimum absolute atomic E-state index is 0.0864. The Morgan fingerprint density at radius 2 is 1.77 bits per heavy atom. The maximum absolute atomic E-state index is 12.3. The van der Waals surface area contributed by atoms with Crippen LogP contribution in [0.4, 0.5) is 5.69 Å². The van der Waals surface area contributed by atoms with Gasteiger partial charge < -0.3 is 9.64 Å². The monoisotopic (exact) mass is 412 g/mol. The third-order valence-corrected chi connectivity index (χ3v) is 5.66. The Bertz CT molecular complexity index is 1250. The van der Waals surface area contributed by atoms with E-state index in [-0.39, 0.29) is 5.56 Å². The minimum atomic E-state index is -0.0864. The zero-order valence-corrected chi connectivity index (χ0v) is 17.3. The molecule has 6 nitrogen and oxygen atoms in total. The van der Waals surface area contributed by atoms with E-state index >= 15 is 0 Å². The van der Waals surface area contributed by atoms with Crippen molar-refractivity contribution in [1.82, 2.24) is 14.8 Å². The van der Waals surface area contributed by atoms with Crippen LogP contribution >= 0.6 is 0 Å². The molecule has 3 heterocycles. The number of fused-ring (bicyclic) bond motifs is 1. The Labute approximate surface area is 180 Å². The first-order chi connectivity index (χ1) is 15.3. The molecule has 0 unspecified atom stereocenters. The van der Waals surface area contributed by atoms with Crippen LogP contribution < -0.4 is 10.5 Å². The highest BCUT2D eigenvalue weighted by Crippen LogP contribution is 2.22. The van der Waals surface area contributed by atoms with E-state index in [1.54, 1.807) is 16.8 Å². The molecule has 0 saturated carbocycles. The van der Waals surface area contributed by atoms with Crippen molar-refractivity contribution in [3.05, 3.63) is 88.8 Å². The van der Waals surface area contributed by atoms with Crippen molar-refractivity contribution < 1.29 is 4.74 Å². The van der Waals surface area contributed by atoms with Crippen molar-refractivity contribution in [2.75, 3.05) is 31.2 Å². The molecule has 31 heavy (non-hydrogen) atoms. The van der Waals surface area contributed by atoms with E-state index in [0.717, 1.165) is 66.1 Å². The highest BCUT2D eigenvalue weighted by atomic mass is 16.5. The predicted octanol–water partition coefficient (Wildman–Crippen LogP) is 3.54. The molecular weight excluding hydrogens is 388 g/mol. The first-order valence-corrected chi connectivity index (χ1v) is 10.6. The Kier molecular flexibility index (Phi) is 5.46. The van der Waals surface area contributed by atoms with Crippen LogP contribution in [-0.2, 0) is 17.7 Å². The van der Waals surface area contributed by atoms with E-state index in [4.69, 9.17) is 4.74 Å². The summed E-state index contributed by atoms with van der Waals surface area (Å²) in [6.07, 6.45) is 2.66. The topological polar surface area (TPSA) is 60.2 Å². The molecule has 4 aromatic rings. The quantitative estimate of drug-likeness (QED) is 0.502. The summed E-state index contributed by atoms with van der Waals surface area (Å²) in [4.78, 5) is 19.3. The standard InChI is InChI=1S/C25H24N4O2/c30-25-9-8-24(20-4-2-1-3-5-20)27-29(25)11-10-19-6-7-23-21(16-19)17-22(18-26-23)28-12-14-31-15-13-28/h1-9,16-18H,10-15H2. The molecule has 5 rings (SSSR count). The number of nitrogens with zero attached hydrogens (tertiary/aromatic N) is 4. The van der Waals surface area contributed by atoms with Gasteiger partial charge in [-0.2, -0.15) is 5.10 Å². The zero-order valence-electron chi connectivity index (χ0n) is 17.3. The molecule has 6 heteroatoms. The van der Waals surface area contributed by atoms with Gasteiger partial charge in [0.15, 0.2) is 0 Å². The number of hydrogen-bond acceptors (Lipinski definition) is 5. The van der Waals surface area contributed by atoms with Gasteiger partial charge in [0, 0.05) is 36.7 Å². The Balaban J connectivity index is 1.36. The van der Waals surface area contributed by atoms with Gasteiger partial charge in [-0.15, -0.1) is 0 Å². The average molecular weight is 412 g/mol. The second-order valence-corrected chi connectivity index (χ2v) is 7.72. The van der Waals surface area contributed by atoms with Crippen LogP contribution in [0.2, 0.25) is 0 Å². The second kappa shape index (κ2) is 8.70. The Hall–Kier alpha value is -3.51. The van der Waals surface area contributed by atoms with Gasteiger partial charge in [-0.3, -0.25) is 9.78 Å². The summed E-state index contributed by atoms with van der Waals surface area (Å²) in [5.41, 5.74) is 4.98. The van der Waals surface area contributed by atoms with Crippen LogP contribution in [0.25, 0.3) is 22.2 Å². The molecule has 156 valence electrons. The SMILES string of the molecule is O=c1ccc(-c2ccccc2)nn1CCc1ccc2ncc(N3CCOCC3)cc2c1. The highest BCUT2D eigenvalue weighted by Gasteiger charge is 2.12. The van der Waals surface area contributed by atoms with Crippen molar-refractivity contribution in [3.8, 4) is 11.3 Å². The van der Waals surface area contributed by atoms with Gasteiger partial charge in [-0.05, 0) is 36.2 Å². The van der Waals surface area contributed by atoms with Gasteiger partial charge >= 0.3 is 0 Å². The van der Waals surface area contributed by atoms with Gasteiger partial charge in [0.05, 0.1) is 36.3 Å². The smallest absolute Gasteiger partial charge is 0.266 e. The van der Waals surface area contributed by atoms with Crippen LogP contribution in [0, 0.1) is 0 Å². The maximum atomic E-state index is 12.3. The third kappa shape index (κ3) is 4.34. The van der Waals surface area contributed by atoms with Gasteiger partial charge in [0.1, 0.15) is 0 Å². The van der Waals surface area contributed by atoms with Crippen LogP contribution in [0.3, 0.4) is 0 Å². The first kappa shape index (κ1) is 19.5. The van der Waals surface area contributed by atoms with Crippen LogP contribution in [0.15, 0.2) is 77.7 Å². The first-order valence-electron chi connectivity index (χ1n) is 10.6. The third-order valence-electron chi connectivity index (χ3n) is 5.66. The van der Waals surface area contributed by atoms with Crippen molar-refractivity contribution in [2.24, 2.45) is 0 Å². The lowest BCUT2D eigenvalue weighted by Gasteiger charge is -2.28. The molecule has 0 radical (unpaired) electrons. The van der Waals surface area contributed by atoms with E-state index in [2.05, 4.69) is 33.2 Å². The summed E-state index contributed by atoms with van der Waals surface area (Å²) in [5, 5.41) is 5.68. The van der Waals surface area contributed by atoms with Gasteiger partial charge in [-0.1, -0.05) is 36.4 Å². The number of hydrogen-bond donors (Lipinski definition) is 0. The fourth-order valence-electron chi connectivity index (χ4n) is 3.93. The van der Waals surface area contributed by atoms with E-state index in [1.165, 1.54) is 0 Å². The van der Waals surface area contributed by atoms with E-state index in [0.29, 0.717) is 6.54 Å². The van der Waals surface area contributed by atoms with Gasteiger partial charge in [0.2, 0.25) is 0 Å². The number of aryl methyl sites for hydroxylation is 2. The average Bonchev–Trinajstić information content (AvgIpc) is 2.84. The van der Waals surface area contributed by atoms with Crippen molar-refractivity contribution in [1.29, 1.82) is 0 Å². The lowest BCUT2D eigenvalue weighted by atomic mass is 10.1. The van der Waals surface area contributed by atoms with Crippen molar-refractivity contribution in [3.63, 3.8) is 0 Å². The summed E-state index contributed by atoms with van der Waals surface area (Å²) in [5.74, 6) is 0. The fourth-order valence-corrected chi connectivity index (χ4v) is 3.93. The lowest BCUT2D eigenvalue weighted by Crippen LogP contribution is -2.36. The van der Waals surface area contributed by atoms with E-state index in [9.17, 15) is 4.79 Å². The summed E-state index contributed by atoms with van der Waals surface area (Å²) in [6, 6.07) is 21.8. The Morgan fingerprint density at radius 1 is 0.935 bits per heavy atom.